The Morgan fingerprint density at radius 2 is 0.714 bits per heavy atom. The maximum absolute atomic E-state index is 7.57. The number of aliphatic hydroxyl groups excluding tert-OH is 1. The predicted molar refractivity (Wildman–Crippen MR) is 109 cm³/mol. The van der Waals surface area contributed by atoms with Crippen molar-refractivity contribution in [2.45, 2.75) is 110 Å². The third kappa shape index (κ3) is 2720. The van der Waals surface area contributed by atoms with Crippen LogP contribution in [0.4, 0.5) is 0 Å². The van der Waals surface area contributed by atoms with Gasteiger partial charge in [-0.3, -0.25) is 0 Å². The van der Waals surface area contributed by atoms with E-state index in [0.717, 1.165) is 0 Å². The Hall–Kier alpha value is -0.520. The van der Waals surface area contributed by atoms with Crippen molar-refractivity contribution >= 4 is 0 Å². The molecule has 0 aliphatic rings. The second kappa shape index (κ2) is 331. The first kappa shape index (κ1) is 49.9. The number of rotatable bonds is 0. The molecule has 138 valence electrons. The minimum Gasteiger partial charge on any atom is -0.397 e. The lowest BCUT2D eigenvalue weighted by Gasteiger charge is -1.52. The Kier molecular flexibility index (Phi) is 788. The second-order valence-corrected chi connectivity index (χ2v) is 1.77. The Bertz CT molecular complexity index is 71.8. The van der Waals surface area contributed by atoms with Gasteiger partial charge in [-0.2, -0.15) is 0 Å². The molecular formula is C20H52O. The number of allylic oxidation sites excluding steroid dienone is 1. The molecule has 0 aromatic heterocycles. The average Bonchev–Trinajstić information content (AvgIpc) is 2.59. The van der Waals surface area contributed by atoms with Crippen molar-refractivity contribution in [1.29, 1.82) is 0 Å². The van der Waals surface area contributed by atoms with Gasteiger partial charge in [0.15, 0.2) is 0 Å². The van der Waals surface area contributed by atoms with Crippen LogP contribution in [0.25, 0.3) is 0 Å². The van der Waals surface area contributed by atoms with Crippen molar-refractivity contribution < 1.29 is 5.11 Å². The molecule has 0 spiro atoms. The molecular weight excluding hydrogens is 256 g/mol. The van der Waals surface area contributed by atoms with Gasteiger partial charge in [-0.25, -0.2) is 0 Å². The van der Waals surface area contributed by atoms with E-state index in [4.69, 9.17) is 5.11 Å². The van der Waals surface area contributed by atoms with Crippen LogP contribution in [0.3, 0.4) is 0 Å². The van der Waals surface area contributed by atoms with Crippen LogP contribution in [0.15, 0.2) is 17.9 Å². The van der Waals surface area contributed by atoms with Crippen LogP contribution in [0.1, 0.15) is 110 Å². The summed E-state index contributed by atoms with van der Waals surface area (Å²) in [6, 6.07) is 0. The molecule has 0 saturated carbocycles. The summed E-state index contributed by atoms with van der Waals surface area (Å²) in [4.78, 5) is 0. The highest BCUT2D eigenvalue weighted by atomic mass is 16.2. The topological polar surface area (TPSA) is 20.2 Å². The van der Waals surface area contributed by atoms with Gasteiger partial charge in [-0.15, -0.1) is 5.73 Å². The maximum atomic E-state index is 7.57. The van der Waals surface area contributed by atoms with Gasteiger partial charge in [-0.05, 0) is 32.9 Å². The smallest absolute Gasteiger partial charge is 0.0402 e. The van der Waals surface area contributed by atoms with Crippen molar-refractivity contribution in [3.8, 4) is 0 Å². The fourth-order valence-electron chi connectivity index (χ4n) is 0.167. The third-order valence-electron chi connectivity index (χ3n) is 0.333. The van der Waals surface area contributed by atoms with Gasteiger partial charge in [0, 0.05) is 6.61 Å². The first-order chi connectivity index (χ1) is 10.2. The SMILES string of the molecule is CC.CC.CC.CC.CC.CC=C=CC.CCC.CCO. The van der Waals surface area contributed by atoms with Gasteiger partial charge in [0.05, 0.1) is 0 Å². The number of aliphatic hydroxyl groups is 1. The standard InChI is InChI=1S/C5H8.C3H8.C2H6O.5C2H6/c1-3-5-4-2;1-3-2;1-2-3;5*1-2/h3-4H,1-2H3;3H2,1-2H3;3H,2H2,1H3;5*1-2H3. The minimum absolute atomic E-state index is 0.250. The quantitative estimate of drug-likeness (QED) is 0.446. The first-order valence-corrected chi connectivity index (χ1v) is 9.17. The van der Waals surface area contributed by atoms with E-state index in [2.05, 4.69) is 19.6 Å². The van der Waals surface area contributed by atoms with E-state index < -0.39 is 0 Å². The molecule has 0 aliphatic heterocycles. The van der Waals surface area contributed by atoms with Crippen LogP contribution in [0, 0.1) is 0 Å². The first-order valence-electron chi connectivity index (χ1n) is 9.17. The molecule has 0 heterocycles. The molecule has 0 aromatic rings. The minimum atomic E-state index is 0.250. The fraction of sp³-hybridized carbons (Fsp3) is 0.850. The predicted octanol–water partition coefficient (Wildman–Crippen LogP) is 8.28. The fourth-order valence-corrected chi connectivity index (χ4v) is 0.167. The van der Waals surface area contributed by atoms with Crippen LogP contribution >= 0.6 is 0 Å². The highest BCUT2D eigenvalue weighted by molar-refractivity contribution is 4.76. The Morgan fingerprint density at radius 1 is 0.619 bits per heavy atom. The maximum Gasteiger partial charge on any atom is 0.0402 e. The van der Waals surface area contributed by atoms with Crippen LogP contribution in [0.5, 0.6) is 0 Å². The van der Waals surface area contributed by atoms with Gasteiger partial charge in [0.25, 0.3) is 0 Å². The Balaban J connectivity index is -0.0000000159. The van der Waals surface area contributed by atoms with Gasteiger partial charge < -0.3 is 5.11 Å². The summed E-state index contributed by atoms with van der Waals surface area (Å²) in [6.07, 6.45) is 5.00. The molecule has 1 N–H and O–H groups in total. The lowest BCUT2D eigenvalue weighted by molar-refractivity contribution is 0.318. The highest BCUT2D eigenvalue weighted by Gasteiger charge is 1.36. The van der Waals surface area contributed by atoms with Crippen molar-refractivity contribution in [3.63, 3.8) is 0 Å². The van der Waals surface area contributed by atoms with Crippen LogP contribution in [0.2, 0.25) is 0 Å². The average molecular weight is 309 g/mol. The van der Waals surface area contributed by atoms with Crippen molar-refractivity contribution in [2.24, 2.45) is 0 Å². The Labute approximate surface area is 140 Å². The van der Waals surface area contributed by atoms with Crippen LogP contribution in [-0.2, 0) is 0 Å². The summed E-state index contributed by atoms with van der Waals surface area (Å²) >= 11 is 0. The summed E-state index contributed by atoms with van der Waals surface area (Å²) in [6.45, 7) is 30.1. The van der Waals surface area contributed by atoms with E-state index in [1.807, 2.05) is 95.2 Å². The highest BCUT2D eigenvalue weighted by Crippen LogP contribution is 1.57. The zero-order valence-corrected chi connectivity index (χ0v) is 18.5. The summed E-state index contributed by atoms with van der Waals surface area (Å²) in [5.74, 6) is 0. The normalized spacial score (nSPS) is 4.38. The van der Waals surface area contributed by atoms with Gasteiger partial charge >= 0.3 is 0 Å². The number of hydrogen-bond acceptors (Lipinski definition) is 1. The molecule has 1 heteroatoms. The van der Waals surface area contributed by atoms with Crippen molar-refractivity contribution in [1.82, 2.24) is 0 Å². The van der Waals surface area contributed by atoms with Gasteiger partial charge in [0.2, 0.25) is 0 Å². The lowest BCUT2D eigenvalue weighted by atomic mass is 10.6. The molecule has 1 nitrogen and oxygen atoms in total. The molecule has 21 heavy (non-hydrogen) atoms. The van der Waals surface area contributed by atoms with E-state index in [0.29, 0.717) is 0 Å². The molecule has 0 aromatic carbocycles. The molecule has 0 rings (SSSR count). The van der Waals surface area contributed by atoms with E-state index >= 15 is 0 Å². The largest absolute Gasteiger partial charge is 0.397 e. The van der Waals surface area contributed by atoms with Crippen LogP contribution < -0.4 is 0 Å². The summed E-state index contributed by atoms with van der Waals surface area (Å²) < 4.78 is 0. The van der Waals surface area contributed by atoms with E-state index in [9.17, 15) is 0 Å². The molecule has 0 bridgehead atoms. The van der Waals surface area contributed by atoms with E-state index in [-0.39, 0.29) is 6.61 Å². The zero-order valence-electron chi connectivity index (χ0n) is 18.5. The van der Waals surface area contributed by atoms with Gasteiger partial charge in [0.1, 0.15) is 0 Å². The molecule has 0 saturated heterocycles. The van der Waals surface area contributed by atoms with Crippen molar-refractivity contribution in [2.75, 3.05) is 6.61 Å². The van der Waals surface area contributed by atoms with E-state index in [1.165, 1.54) is 6.42 Å². The molecule has 0 aliphatic carbocycles. The van der Waals surface area contributed by atoms with Crippen LogP contribution in [-0.4, -0.2) is 11.7 Å². The van der Waals surface area contributed by atoms with Crippen molar-refractivity contribution in [3.05, 3.63) is 17.9 Å². The molecule has 0 radical (unpaired) electrons. The summed E-state index contributed by atoms with van der Waals surface area (Å²) in [5.41, 5.74) is 2.86. The molecule has 0 amide bonds. The summed E-state index contributed by atoms with van der Waals surface area (Å²) in [5, 5.41) is 7.57. The second-order valence-electron chi connectivity index (χ2n) is 1.77. The third-order valence-corrected chi connectivity index (χ3v) is 0.333. The zero-order chi connectivity index (χ0) is 19.5. The molecule has 0 fully saturated rings. The summed E-state index contributed by atoms with van der Waals surface area (Å²) in [7, 11) is 0. The lowest BCUT2D eigenvalue weighted by Crippen LogP contribution is -1.57. The Morgan fingerprint density at radius 3 is 0.714 bits per heavy atom. The monoisotopic (exact) mass is 308 g/mol. The number of hydrogen-bond donors (Lipinski definition) is 1. The molecule has 0 atom stereocenters. The van der Waals surface area contributed by atoms with E-state index in [1.54, 1.807) is 6.92 Å². The van der Waals surface area contributed by atoms with Gasteiger partial charge in [-0.1, -0.05) is 89.5 Å². The molecule has 0 unspecified atom stereocenters.